The molecule has 0 radical (unpaired) electrons. The van der Waals surface area contributed by atoms with E-state index in [0.717, 1.165) is 0 Å². The maximum atomic E-state index is 2.44. The molecule has 0 amide bonds. The molecule has 0 aliphatic carbocycles. The number of hydrogen-bond acceptors (Lipinski definition) is 4. The molecule has 0 aliphatic heterocycles. The molecule has 5 aromatic rings. The number of benzene rings is 1. The molecular weight excluding hydrogens is 473 g/mol. The molecular formula is C24H26S4Si2. The second-order valence-corrected chi connectivity index (χ2v) is 24.7. The summed E-state index contributed by atoms with van der Waals surface area (Å²) >= 11 is 7.84. The quantitative estimate of drug-likeness (QED) is 0.217. The molecule has 0 spiro atoms. The lowest BCUT2D eigenvalue weighted by atomic mass is 10.0. The van der Waals surface area contributed by atoms with Crippen LogP contribution >= 0.6 is 45.3 Å². The van der Waals surface area contributed by atoms with Gasteiger partial charge in [-0.2, -0.15) is 0 Å². The smallest absolute Gasteiger partial charge is 0.0904 e. The molecule has 0 atom stereocenters. The molecule has 1 aromatic carbocycles. The van der Waals surface area contributed by atoms with Gasteiger partial charge in [-0.3, -0.25) is 0 Å². The van der Waals surface area contributed by atoms with Crippen LogP contribution in [0.2, 0.25) is 39.3 Å². The van der Waals surface area contributed by atoms with E-state index in [-0.39, 0.29) is 0 Å². The van der Waals surface area contributed by atoms with E-state index < -0.39 is 16.1 Å². The molecule has 4 heterocycles. The third-order valence-electron chi connectivity index (χ3n) is 5.51. The van der Waals surface area contributed by atoms with Crippen LogP contribution in [0.3, 0.4) is 0 Å². The minimum absolute atomic E-state index is 1.30. The average Bonchev–Trinajstić information content (AvgIpc) is 3.43. The summed E-state index contributed by atoms with van der Waals surface area (Å²) in [5, 5.41) is 7.41. The van der Waals surface area contributed by atoms with Gasteiger partial charge < -0.3 is 0 Å². The van der Waals surface area contributed by atoms with Crippen molar-refractivity contribution in [3.63, 3.8) is 0 Å². The molecule has 0 bridgehead atoms. The lowest BCUT2D eigenvalue weighted by molar-refractivity contribution is 1.78. The highest BCUT2D eigenvalue weighted by Crippen LogP contribution is 2.49. The summed E-state index contributed by atoms with van der Waals surface area (Å²) < 4.78 is 6.08. The molecule has 0 saturated heterocycles. The van der Waals surface area contributed by atoms with Gasteiger partial charge in [0.15, 0.2) is 0 Å². The maximum absolute atomic E-state index is 2.44. The van der Waals surface area contributed by atoms with Gasteiger partial charge in [0.1, 0.15) is 0 Å². The van der Waals surface area contributed by atoms with E-state index in [4.69, 9.17) is 0 Å². The molecule has 30 heavy (non-hydrogen) atoms. The summed E-state index contributed by atoms with van der Waals surface area (Å²) in [5.74, 6) is 0. The molecule has 0 aliphatic rings. The van der Waals surface area contributed by atoms with E-state index in [1.807, 2.05) is 45.3 Å². The molecule has 0 fully saturated rings. The third kappa shape index (κ3) is 3.42. The second-order valence-electron chi connectivity index (χ2n) is 9.90. The minimum Gasteiger partial charge on any atom is -0.145 e. The Morgan fingerprint density at radius 1 is 0.533 bits per heavy atom. The number of fused-ring (bicyclic) bond motifs is 2. The Morgan fingerprint density at radius 2 is 0.933 bits per heavy atom. The zero-order valence-electron chi connectivity index (χ0n) is 18.3. The summed E-state index contributed by atoms with van der Waals surface area (Å²) in [6.07, 6.45) is 0. The number of hydrogen-bond donors (Lipinski definition) is 0. The highest BCUT2D eigenvalue weighted by Gasteiger charge is 2.25. The highest BCUT2D eigenvalue weighted by atomic mass is 32.1. The lowest BCUT2D eigenvalue weighted by Gasteiger charge is -2.13. The Bertz CT molecular complexity index is 1210. The van der Waals surface area contributed by atoms with E-state index in [9.17, 15) is 0 Å². The third-order valence-corrected chi connectivity index (χ3v) is 16.8. The largest absolute Gasteiger partial charge is 0.145 e. The molecule has 154 valence electrons. The zero-order chi connectivity index (χ0) is 21.3. The monoisotopic (exact) mass is 498 g/mol. The molecule has 4 aromatic heterocycles. The summed E-state index contributed by atoms with van der Waals surface area (Å²) in [6.45, 7) is 14.7. The summed E-state index contributed by atoms with van der Waals surface area (Å²) in [5.41, 5.74) is 2.91. The van der Waals surface area contributed by atoms with E-state index in [2.05, 4.69) is 86.4 Å². The first-order valence-electron chi connectivity index (χ1n) is 10.3. The first-order chi connectivity index (χ1) is 14.1. The van der Waals surface area contributed by atoms with Crippen LogP contribution in [0.15, 0.2) is 47.2 Å². The van der Waals surface area contributed by atoms with Crippen molar-refractivity contribution in [3.05, 3.63) is 47.2 Å². The van der Waals surface area contributed by atoms with Crippen LogP contribution in [0.25, 0.3) is 41.1 Å². The van der Waals surface area contributed by atoms with Crippen molar-refractivity contribution in [2.24, 2.45) is 0 Å². The highest BCUT2D eigenvalue weighted by molar-refractivity contribution is 7.30. The van der Waals surface area contributed by atoms with Crippen molar-refractivity contribution < 1.29 is 0 Å². The van der Waals surface area contributed by atoms with E-state index >= 15 is 0 Å². The maximum Gasteiger partial charge on any atom is 0.0904 e. The molecule has 6 heteroatoms. The molecule has 0 saturated carbocycles. The van der Waals surface area contributed by atoms with Gasteiger partial charge in [0.05, 0.1) is 16.1 Å². The Hall–Kier alpha value is -1.03. The Balaban J connectivity index is 1.79. The van der Waals surface area contributed by atoms with Crippen LogP contribution in [-0.4, -0.2) is 16.1 Å². The molecule has 0 unspecified atom stereocenters. The average molecular weight is 499 g/mol. The predicted molar refractivity (Wildman–Crippen MR) is 150 cm³/mol. The van der Waals surface area contributed by atoms with Gasteiger partial charge in [0.2, 0.25) is 0 Å². The minimum atomic E-state index is -1.30. The van der Waals surface area contributed by atoms with Gasteiger partial charge in [-0.15, -0.1) is 45.3 Å². The van der Waals surface area contributed by atoms with Gasteiger partial charge in [0, 0.05) is 41.1 Å². The molecule has 5 rings (SSSR count). The first-order valence-corrected chi connectivity index (χ1v) is 20.7. The van der Waals surface area contributed by atoms with Crippen LogP contribution in [-0.2, 0) is 0 Å². The van der Waals surface area contributed by atoms with Crippen molar-refractivity contribution >= 4 is 90.7 Å². The Labute approximate surface area is 196 Å². The van der Waals surface area contributed by atoms with Crippen molar-refractivity contribution in [3.8, 4) is 20.9 Å². The van der Waals surface area contributed by atoms with Crippen molar-refractivity contribution in [1.29, 1.82) is 0 Å². The van der Waals surface area contributed by atoms with Gasteiger partial charge >= 0.3 is 0 Å². The van der Waals surface area contributed by atoms with E-state index in [1.165, 1.54) is 41.1 Å². The number of thiophene rings is 4. The van der Waals surface area contributed by atoms with Gasteiger partial charge in [-0.25, -0.2) is 0 Å². The fourth-order valence-corrected chi connectivity index (χ4v) is 11.9. The standard InChI is InChI=1S/C24H26S4Si2/c1-29(2,3)19-9-7-17(27-19)21-15-11-13-26-24(15)22(16-12-14-25-23(16)21)18-8-10-20(28-18)30(4,5)6/h7-14H,1-6H3. The fraction of sp³-hybridized carbons (Fsp3) is 0.250. The molecule has 0 N–H and O–H groups in total. The fourth-order valence-electron chi connectivity index (χ4n) is 3.88. The van der Waals surface area contributed by atoms with Crippen LogP contribution in [0.4, 0.5) is 0 Å². The van der Waals surface area contributed by atoms with Crippen molar-refractivity contribution in [2.45, 2.75) is 39.3 Å². The molecule has 0 nitrogen and oxygen atoms in total. The van der Waals surface area contributed by atoms with Crippen LogP contribution in [0.5, 0.6) is 0 Å². The number of rotatable bonds is 4. The second kappa shape index (κ2) is 7.25. The topological polar surface area (TPSA) is 0 Å². The Morgan fingerprint density at radius 3 is 1.27 bits per heavy atom. The summed E-state index contributed by atoms with van der Waals surface area (Å²) in [7, 11) is -2.59. The summed E-state index contributed by atoms with van der Waals surface area (Å²) in [6, 6.07) is 14.2. The van der Waals surface area contributed by atoms with Crippen LogP contribution < -0.4 is 9.00 Å². The van der Waals surface area contributed by atoms with E-state index in [0.29, 0.717) is 0 Å². The van der Waals surface area contributed by atoms with Gasteiger partial charge in [0.25, 0.3) is 0 Å². The summed E-state index contributed by atoms with van der Waals surface area (Å²) in [4.78, 5) is 2.87. The van der Waals surface area contributed by atoms with E-state index in [1.54, 1.807) is 9.00 Å². The SMILES string of the molecule is C[Si](C)(C)c1ccc(-c2c3ccsc3c(-c3ccc([Si](C)(C)C)s3)c3ccsc23)s1. The predicted octanol–water partition coefficient (Wildman–Crippen LogP) is 8.66. The normalized spacial score (nSPS) is 13.0. The van der Waals surface area contributed by atoms with Crippen molar-refractivity contribution in [2.75, 3.05) is 0 Å². The van der Waals surface area contributed by atoms with Crippen molar-refractivity contribution in [1.82, 2.24) is 0 Å². The van der Waals surface area contributed by atoms with Crippen LogP contribution in [0, 0.1) is 0 Å². The van der Waals surface area contributed by atoms with Gasteiger partial charge in [-0.05, 0) is 44.0 Å². The van der Waals surface area contributed by atoms with Gasteiger partial charge in [-0.1, -0.05) is 51.4 Å². The Kier molecular flexibility index (Phi) is 5.04. The van der Waals surface area contributed by atoms with Crippen LogP contribution in [0.1, 0.15) is 0 Å². The lowest BCUT2D eigenvalue weighted by Crippen LogP contribution is -2.34. The zero-order valence-corrected chi connectivity index (χ0v) is 23.5. The first kappa shape index (κ1) is 20.9.